The van der Waals surface area contributed by atoms with Gasteiger partial charge in [-0.3, -0.25) is 8.37 Å². The zero-order chi connectivity index (χ0) is 71.6. The predicted octanol–water partition coefficient (Wildman–Crippen LogP) is 8.21. The van der Waals surface area contributed by atoms with Gasteiger partial charge in [-0.1, -0.05) is 103 Å². The summed E-state index contributed by atoms with van der Waals surface area (Å²) in [7, 11) is -5.85. The Morgan fingerprint density at radius 3 is 0.649 bits per heavy atom. The fourth-order valence-electron chi connectivity index (χ4n) is 6.19. The van der Waals surface area contributed by atoms with Gasteiger partial charge >= 0.3 is 0 Å². The molecule has 1 radical (unpaired) electrons. The second-order valence-corrected chi connectivity index (χ2v) is 22.7. The van der Waals surface area contributed by atoms with Crippen molar-refractivity contribution in [3.8, 4) is 0 Å². The summed E-state index contributed by atoms with van der Waals surface area (Å²) >= 11 is 0. The van der Waals surface area contributed by atoms with Gasteiger partial charge in [0, 0.05) is 59.6 Å². The number of unbranched alkanes of at least 4 members (excludes halogenated alkanes) is 2. The first kappa shape index (κ1) is 104. The molecule has 0 atom stereocenters. The number of rotatable bonds is 65. The van der Waals surface area contributed by atoms with E-state index < -0.39 is 20.2 Å². The summed E-state index contributed by atoms with van der Waals surface area (Å²) < 4.78 is 159. The van der Waals surface area contributed by atoms with E-state index in [2.05, 4.69) is 34.6 Å². The van der Waals surface area contributed by atoms with Crippen molar-refractivity contribution >= 4 is 20.2 Å². The predicted molar refractivity (Wildman–Crippen MR) is 370 cm³/mol. The summed E-state index contributed by atoms with van der Waals surface area (Å²) in [5.74, 6) is 0. The van der Waals surface area contributed by atoms with Crippen LogP contribution in [0, 0.1) is 20.8 Å². The number of hydrogen-bond acceptors (Lipinski definition) is 26. The molecule has 2 aromatic carbocycles. The van der Waals surface area contributed by atoms with Crippen LogP contribution in [0.5, 0.6) is 0 Å². The maximum atomic E-state index is 12.0. The van der Waals surface area contributed by atoms with Crippen molar-refractivity contribution in [3.63, 3.8) is 0 Å². The van der Waals surface area contributed by atoms with Crippen molar-refractivity contribution < 1.29 is 153 Å². The van der Waals surface area contributed by atoms with Gasteiger partial charge in [0.05, 0.1) is 248 Å². The molecule has 0 aliphatic rings. The van der Waals surface area contributed by atoms with E-state index in [-0.39, 0.29) is 75.5 Å². The van der Waals surface area contributed by atoms with Gasteiger partial charge in [0.25, 0.3) is 20.2 Å². The van der Waals surface area contributed by atoms with Gasteiger partial charge in [-0.05, 0) is 57.9 Å². The first-order chi connectivity index (χ1) is 46.9. The Hall–Kier alpha value is -1.44. The first-order valence-corrected chi connectivity index (χ1v) is 36.9. The van der Waals surface area contributed by atoms with Crippen molar-refractivity contribution in [2.75, 3.05) is 271 Å². The molecule has 0 aromatic heterocycles. The number of benzene rings is 2. The molecule has 0 aliphatic heterocycles. The van der Waals surface area contributed by atoms with E-state index in [1.165, 1.54) is 30.7 Å². The molecule has 1 N–H and O–H groups in total. The standard InChI is InChI=1S/C23H40O9S.C21H35O9S.C17H36O7.C3H8.C2H6O.C2H6.Y/c1-3-4-9-26-10-11-27-12-13-28-14-15-29-16-17-30-18-19-31-20-21-32-33(24,25)23-7-5-22(2)6-8-23;1-3-24-8-9-25-10-11-26-12-13-27-14-15-28-16-17-29-18-19-30-31(22,23)21-6-4-20(2)5-7-21;1-3-4-5-19-8-9-21-12-13-23-16-17-24-15-14-22-11-10-20-7-6-18-2;1-3-2;1-2-3;1-2;/h5-8H,3-4,9-21H2,1-2H3;4-7H,1,3,8-19H2,2H3;3-17H2,1-2H3;3H2,1-2H3;3H,2H2,1H3;1-2H3;/q;-1;;;;;. The van der Waals surface area contributed by atoms with Gasteiger partial charge in [-0.25, -0.2) is 0 Å². The summed E-state index contributed by atoms with van der Waals surface area (Å²) in [5.41, 5.74) is 1.96. The molecule has 2 rings (SSSR count). The van der Waals surface area contributed by atoms with Crippen LogP contribution in [0.3, 0.4) is 0 Å². The number of aliphatic hydroxyl groups excluding tert-OH is 1. The largest absolute Gasteiger partial charge is 0.411 e. The second-order valence-electron chi connectivity index (χ2n) is 19.4. The Balaban J connectivity index is -0.000000415. The normalized spacial score (nSPS) is 11.0. The maximum absolute atomic E-state index is 12.0. The minimum absolute atomic E-state index is 0. The third-order valence-corrected chi connectivity index (χ3v) is 13.6. The van der Waals surface area contributed by atoms with Crippen molar-refractivity contribution in [1.82, 2.24) is 0 Å². The molecule has 0 heterocycles. The molecule has 2 aromatic rings. The molecular weight excluding hydrogens is 1390 g/mol. The van der Waals surface area contributed by atoms with Gasteiger partial charge in [0.15, 0.2) is 0 Å². The molecule has 97 heavy (non-hydrogen) atoms. The minimum Gasteiger partial charge on any atom is -0.411 e. The van der Waals surface area contributed by atoms with Crippen LogP contribution in [-0.2, 0) is 151 Å². The van der Waals surface area contributed by atoms with Crippen LogP contribution in [0.4, 0.5) is 0 Å². The smallest absolute Gasteiger partial charge is 0.297 e. The summed E-state index contributed by atoms with van der Waals surface area (Å²) in [4.78, 5) is 0.272. The molecule has 575 valence electrons. The molecule has 0 saturated heterocycles. The van der Waals surface area contributed by atoms with Crippen LogP contribution < -0.4 is 0 Å². The van der Waals surface area contributed by atoms with Gasteiger partial charge in [0.2, 0.25) is 0 Å². The quantitative estimate of drug-likeness (QED) is 0.0371. The van der Waals surface area contributed by atoms with Crippen LogP contribution in [0.1, 0.15) is 91.7 Å². The van der Waals surface area contributed by atoms with Crippen LogP contribution in [0.15, 0.2) is 58.3 Å². The molecule has 29 heteroatoms. The van der Waals surface area contributed by atoms with Crippen molar-refractivity contribution in [2.24, 2.45) is 0 Å². The Morgan fingerprint density at radius 1 is 0.309 bits per heavy atom. The van der Waals surface area contributed by atoms with Crippen LogP contribution in [-0.4, -0.2) is 293 Å². The molecule has 0 fully saturated rings. The minimum atomic E-state index is -3.75. The van der Waals surface area contributed by atoms with E-state index in [4.69, 9.17) is 103 Å². The van der Waals surface area contributed by atoms with Crippen LogP contribution in [0.2, 0.25) is 0 Å². The van der Waals surface area contributed by atoms with Crippen LogP contribution >= 0.6 is 0 Å². The number of aryl methyl sites for hydroxylation is 2. The molecule has 0 saturated carbocycles. The van der Waals surface area contributed by atoms with E-state index in [9.17, 15) is 16.8 Å². The average Bonchev–Trinajstić information content (AvgIpc) is 0.891. The molecule has 0 unspecified atom stereocenters. The van der Waals surface area contributed by atoms with Gasteiger partial charge < -0.3 is 102 Å². The molecule has 0 aliphatic carbocycles. The maximum Gasteiger partial charge on any atom is 0.297 e. The molecule has 0 spiro atoms. The van der Waals surface area contributed by atoms with Gasteiger partial charge in [0.1, 0.15) is 0 Å². The topological polar surface area (TPSA) is 282 Å². The van der Waals surface area contributed by atoms with Crippen molar-refractivity contribution in [1.29, 1.82) is 0 Å². The number of aliphatic hydroxyl groups is 1. The number of methoxy groups -OCH3 is 1. The zero-order valence-electron chi connectivity index (χ0n) is 61.2. The second kappa shape index (κ2) is 88.8. The van der Waals surface area contributed by atoms with Gasteiger partial charge in [-0.2, -0.15) is 16.8 Å². The van der Waals surface area contributed by atoms with E-state index in [1.54, 1.807) is 38.3 Å². The van der Waals surface area contributed by atoms with E-state index >= 15 is 0 Å². The first-order valence-electron chi connectivity index (χ1n) is 34.1. The molecule has 0 bridgehead atoms. The fourth-order valence-corrected chi connectivity index (χ4v) is 7.98. The fraction of sp³-hybridized carbons (Fsp3) is 0.809. The average molecular weight is 1520 g/mol. The Labute approximate surface area is 611 Å². The molecule has 0 amide bonds. The Bertz CT molecular complexity index is 1950. The van der Waals surface area contributed by atoms with Gasteiger partial charge in [-0.15, -0.1) is 0 Å². The van der Waals surface area contributed by atoms with Crippen molar-refractivity contribution in [3.05, 3.63) is 66.6 Å². The molecule has 26 nitrogen and oxygen atoms in total. The molecular formula is C68H131O26S2Y-. The van der Waals surface area contributed by atoms with Crippen LogP contribution in [0.25, 0.3) is 0 Å². The summed E-state index contributed by atoms with van der Waals surface area (Å²) in [6.45, 7) is 40.8. The van der Waals surface area contributed by atoms with Crippen molar-refractivity contribution in [2.45, 2.75) is 104 Å². The Morgan fingerprint density at radius 2 is 0.474 bits per heavy atom. The van der Waals surface area contributed by atoms with E-state index in [0.29, 0.717) is 218 Å². The summed E-state index contributed by atoms with van der Waals surface area (Å²) in [6.07, 6.45) is 5.74. The third kappa shape index (κ3) is 85.1. The number of ether oxygens (including phenoxy) is 19. The Kier molecular flexibility index (Phi) is 95.4. The van der Waals surface area contributed by atoms with E-state index in [1.807, 2.05) is 27.7 Å². The summed E-state index contributed by atoms with van der Waals surface area (Å²) in [5, 5.41) is 7.57. The SMILES string of the molecule is CC.CCC.CCCCOCCOCCOCCOCCOCCOCCOC.CCCCOCCOCCOCCOCCOCCOCCOS(=O)(=O)c1ccc(C)cc1.CCO.[CH2-]COCCOCCOCCOCCOCCOCCOS(=O)(=O)c1ccc(C)cc1.[Y]. The monoisotopic (exact) mass is 1520 g/mol. The zero-order valence-corrected chi connectivity index (χ0v) is 65.7. The number of hydrogen-bond donors (Lipinski definition) is 1. The van der Waals surface area contributed by atoms with E-state index in [0.717, 1.165) is 50.0 Å². The summed E-state index contributed by atoms with van der Waals surface area (Å²) in [6, 6.07) is 13.0. The third-order valence-electron chi connectivity index (χ3n) is 11.0.